The van der Waals surface area contributed by atoms with Gasteiger partial charge in [0.2, 0.25) is 11.8 Å². The zero-order valence-corrected chi connectivity index (χ0v) is 20.6. The van der Waals surface area contributed by atoms with Crippen molar-refractivity contribution in [3.63, 3.8) is 0 Å². The highest BCUT2D eigenvalue weighted by atomic mass is 35.5. The lowest BCUT2D eigenvalue weighted by Crippen LogP contribution is -2.48. The molecular weight excluding hydrogens is 499 g/mol. The van der Waals surface area contributed by atoms with Gasteiger partial charge >= 0.3 is 0 Å². The van der Waals surface area contributed by atoms with E-state index in [-0.39, 0.29) is 34.5 Å². The van der Waals surface area contributed by atoms with Gasteiger partial charge in [0, 0.05) is 38.5 Å². The van der Waals surface area contributed by atoms with Crippen molar-refractivity contribution in [2.24, 2.45) is 7.05 Å². The molecule has 1 N–H and O–H groups in total. The van der Waals surface area contributed by atoms with E-state index in [1.54, 1.807) is 24.0 Å². The van der Waals surface area contributed by atoms with E-state index in [1.807, 2.05) is 17.0 Å². The van der Waals surface area contributed by atoms with Crippen LogP contribution in [0.2, 0.25) is 5.02 Å². The fourth-order valence-corrected chi connectivity index (χ4v) is 5.11. The summed E-state index contributed by atoms with van der Waals surface area (Å²) in [6.45, 7) is 4.91. The average molecular weight is 521 g/mol. The number of fused-ring (bicyclic) bond motifs is 3. The molecule has 2 saturated heterocycles. The first-order valence-electron chi connectivity index (χ1n) is 11.6. The predicted octanol–water partition coefficient (Wildman–Crippen LogP) is 4.06. The summed E-state index contributed by atoms with van der Waals surface area (Å²) >= 11 is 6.38. The molecule has 2 aliphatic rings. The molecule has 3 aromatic heterocycles. The van der Waals surface area contributed by atoms with E-state index < -0.39 is 5.82 Å². The lowest BCUT2D eigenvalue weighted by molar-refractivity contribution is -0.127. The maximum absolute atomic E-state index is 15.0. The first-order chi connectivity index (χ1) is 17.9. The zero-order valence-electron chi connectivity index (χ0n) is 19.8. The number of aryl methyl sites for hydroxylation is 1. The van der Waals surface area contributed by atoms with E-state index in [0.29, 0.717) is 35.8 Å². The van der Waals surface area contributed by atoms with Crippen LogP contribution in [-0.4, -0.2) is 60.7 Å². The highest BCUT2D eigenvalue weighted by Crippen LogP contribution is 2.37. The summed E-state index contributed by atoms with van der Waals surface area (Å²) in [5, 5.41) is 7.32. The minimum Gasteiger partial charge on any atom is -0.436 e. The first-order valence-corrected chi connectivity index (χ1v) is 12.0. The summed E-state index contributed by atoms with van der Waals surface area (Å²) < 4.78 is 22.2. The number of ether oxygens (including phenoxy) is 1. The van der Waals surface area contributed by atoms with Crippen LogP contribution in [0.3, 0.4) is 0 Å². The molecule has 2 atom stereocenters. The van der Waals surface area contributed by atoms with Crippen molar-refractivity contribution in [3.8, 4) is 11.6 Å². The lowest BCUT2D eigenvalue weighted by Gasteiger charge is -2.34. The van der Waals surface area contributed by atoms with Gasteiger partial charge in [-0.2, -0.15) is 0 Å². The number of piperazine rings is 1. The van der Waals surface area contributed by atoms with Crippen LogP contribution in [0.25, 0.3) is 11.0 Å². The van der Waals surface area contributed by atoms with Crippen LogP contribution < -0.4 is 15.0 Å². The van der Waals surface area contributed by atoms with Crippen LogP contribution in [0.1, 0.15) is 6.42 Å². The lowest BCUT2D eigenvalue weighted by atomic mass is 10.2. The van der Waals surface area contributed by atoms with Crippen LogP contribution in [0.4, 0.5) is 21.7 Å². The van der Waals surface area contributed by atoms with Crippen molar-refractivity contribution in [2.45, 2.75) is 18.5 Å². The van der Waals surface area contributed by atoms with Crippen molar-refractivity contribution in [3.05, 3.63) is 66.4 Å². The summed E-state index contributed by atoms with van der Waals surface area (Å²) in [6, 6.07) is 8.33. The number of amides is 1. The fourth-order valence-electron chi connectivity index (χ4n) is 4.91. The van der Waals surface area contributed by atoms with Crippen LogP contribution >= 0.6 is 11.6 Å². The van der Waals surface area contributed by atoms with Gasteiger partial charge in [-0.3, -0.25) is 9.48 Å². The molecule has 0 unspecified atom stereocenters. The van der Waals surface area contributed by atoms with E-state index in [2.05, 4.69) is 31.9 Å². The van der Waals surface area contributed by atoms with Gasteiger partial charge in [0.05, 0.1) is 28.3 Å². The molecule has 12 heteroatoms. The molecule has 188 valence electrons. The number of halogens is 2. The highest BCUT2D eigenvalue weighted by molar-refractivity contribution is 6.32. The third-order valence-electron chi connectivity index (χ3n) is 6.64. The monoisotopic (exact) mass is 520 g/mol. The van der Waals surface area contributed by atoms with Crippen molar-refractivity contribution in [1.82, 2.24) is 29.6 Å². The van der Waals surface area contributed by atoms with Crippen LogP contribution in [0, 0.1) is 5.82 Å². The Labute approximate surface area is 216 Å². The molecule has 5 heterocycles. The van der Waals surface area contributed by atoms with Crippen LogP contribution in [0.15, 0.2) is 55.5 Å². The van der Waals surface area contributed by atoms with Gasteiger partial charge in [-0.15, -0.1) is 5.10 Å². The van der Waals surface area contributed by atoms with Crippen LogP contribution in [0.5, 0.6) is 11.6 Å². The number of aromatic nitrogens is 5. The van der Waals surface area contributed by atoms with Gasteiger partial charge in [-0.25, -0.2) is 19.3 Å². The SMILES string of the molecule is C=CC(=O)N1C[C@@H]2C[C@H]1CN2c1ccc2ncnc(Nc3cc(Cl)c(Oc4ccn(C)n4)cc3F)c2n1. The topological polar surface area (TPSA) is 101 Å². The molecule has 0 aliphatic carbocycles. The maximum atomic E-state index is 15.0. The number of nitrogens with one attached hydrogen (secondary N) is 1. The molecule has 2 bridgehead atoms. The van der Waals surface area contributed by atoms with Gasteiger partial charge in [-0.1, -0.05) is 18.2 Å². The summed E-state index contributed by atoms with van der Waals surface area (Å²) in [7, 11) is 1.75. The number of carbonyl (C=O) groups is 1. The summed E-state index contributed by atoms with van der Waals surface area (Å²) in [5.41, 5.74) is 1.21. The van der Waals surface area contributed by atoms with Gasteiger partial charge < -0.3 is 19.9 Å². The number of rotatable bonds is 6. The fraction of sp³-hybridized carbons (Fsp3) is 0.240. The Morgan fingerprint density at radius 1 is 1.24 bits per heavy atom. The number of anilines is 3. The minimum absolute atomic E-state index is 0.0457. The van der Waals surface area contributed by atoms with Crippen molar-refractivity contribution in [1.29, 1.82) is 0 Å². The number of likely N-dealkylation sites (tertiary alicyclic amines) is 1. The molecule has 1 aromatic carbocycles. The van der Waals surface area contributed by atoms with Crippen LogP contribution in [-0.2, 0) is 11.8 Å². The summed E-state index contributed by atoms with van der Waals surface area (Å²) in [6.07, 6.45) is 5.34. The Morgan fingerprint density at radius 3 is 2.84 bits per heavy atom. The third-order valence-corrected chi connectivity index (χ3v) is 6.93. The maximum Gasteiger partial charge on any atom is 0.246 e. The molecule has 0 spiro atoms. The molecule has 37 heavy (non-hydrogen) atoms. The Hall–Kier alpha value is -4.25. The highest BCUT2D eigenvalue weighted by Gasteiger charge is 2.45. The van der Waals surface area contributed by atoms with Crippen molar-refractivity contribution >= 4 is 45.9 Å². The smallest absolute Gasteiger partial charge is 0.246 e. The molecule has 4 aromatic rings. The van der Waals surface area contributed by atoms with E-state index in [9.17, 15) is 4.79 Å². The standard InChI is InChI=1S/C25H22ClFN8O2/c1-3-23(36)35-12-14-8-15(35)11-34(14)21-5-4-18-24(31-21)25(29-13-28-18)30-19-9-16(26)20(10-17(19)27)37-22-6-7-33(2)32-22/h3-7,9-10,13-15H,1,8,11-12H2,2H3,(H,28,29,30)/t14-,15-/m0/s1. The van der Waals surface area contributed by atoms with Gasteiger partial charge in [0.15, 0.2) is 11.6 Å². The van der Waals surface area contributed by atoms with Gasteiger partial charge in [0.25, 0.3) is 0 Å². The summed E-state index contributed by atoms with van der Waals surface area (Å²) in [5.74, 6) is 0.909. The summed E-state index contributed by atoms with van der Waals surface area (Å²) in [4.78, 5) is 29.6. The third kappa shape index (κ3) is 4.20. The Balaban J connectivity index is 1.27. The van der Waals surface area contributed by atoms with E-state index >= 15 is 4.39 Å². The van der Waals surface area contributed by atoms with Crippen molar-refractivity contribution < 1.29 is 13.9 Å². The molecule has 0 radical (unpaired) electrons. The minimum atomic E-state index is -0.581. The zero-order chi connectivity index (χ0) is 25.7. The number of nitrogens with zero attached hydrogens (tertiary/aromatic N) is 7. The second-order valence-electron chi connectivity index (χ2n) is 8.97. The Morgan fingerprint density at radius 2 is 2.11 bits per heavy atom. The predicted molar refractivity (Wildman–Crippen MR) is 137 cm³/mol. The largest absolute Gasteiger partial charge is 0.436 e. The number of pyridine rings is 1. The second-order valence-corrected chi connectivity index (χ2v) is 9.37. The molecule has 6 rings (SSSR count). The Bertz CT molecular complexity index is 1540. The van der Waals surface area contributed by atoms with E-state index in [1.165, 1.54) is 24.5 Å². The average Bonchev–Trinajstić information content (AvgIpc) is 3.62. The Kier molecular flexibility index (Phi) is 5.64. The number of hydrogen-bond acceptors (Lipinski definition) is 8. The number of carbonyl (C=O) groups excluding carboxylic acids is 1. The molecule has 2 fully saturated rings. The normalized spacial score (nSPS) is 18.5. The molecule has 0 saturated carbocycles. The molecule has 2 aliphatic heterocycles. The molecule has 1 amide bonds. The molecule has 10 nitrogen and oxygen atoms in total. The van der Waals surface area contributed by atoms with E-state index in [4.69, 9.17) is 21.3 Å². The van der Waals surface area contributed by atoms with E-state index in [0.717, 1.165) is 12.2 Å². The van der Waals surface area contributed by atoms with Gasteiger partial charge in [-0.05, 0) is 30.7 Å². The molecular formula is C25H22ClFN8O2. The van der Waals surface area contributed by atoms with Gasteiger partial charge in [0.1, 0.15) is 23.5 Å². The second kappa shape index (κ2) is 9.00. The number of benzene rings is 1. The van der Waals surface area contributed by atoms with Crippen molar-refractivity contribution in [2.75, 3.05) is 23.3 Å². The first kappa shape index (κ1) is 23.2. The number of hydrogen-bond donors (Lipinski definition) is 1. The quantitative estimate of drug-likeness (QED) is 0.380.